The summed E-state index contributed by atoms with van der Waals surface area (Å²) in [6.07, 6.45) is -10.9. The highest BCUT2D eigenvalue weighted by Crippen LogP contribution is 2.41. The van der Waals surface area contributed by atoms with Crippen molar-refractivity contribution in [2.24, 2.45) is 23.7 Å². The maximum atomic E-state index is 14.7. The van der Waals surface area contributed by atoms with Gasteiger partial charge in [-0.15, -0.1) is 11.3 Å². The minimum atomic E-state index is -2.21. The zero-order valence-corrected chi connectivity index (χ0v) is 41.5. The molecule has 3 aliphatic rings. The molecule has 0 bridgehead atoms. The molecule has 3 fully saturated rings. The molecule has 3 aliphatic heterocycles. The Kier molecular flexibility index (Phi) is 18.2. The fourth-order valence-electron chi connectivity index (χ4n) is 10.1. The van der Waals surface area contributed by atoms with E-state index >= 15 is 0 Å². The van der Waals surface area contributed by atoms with Crippen LogP contribution < -0.4 is 5.32 Å². The van der Waals surface area contributed by atoms with Gasteiger partial charge in [-0.2, -0.15) is 0 Å². The second-order valence-electron chi connectivity index (χ2n) is 20.0. The number of hydrogen-bond acceptors (Lipinski definition) is 16. The first kappa shape index (κ1) is 54.0. The zero-order chi connectivity index (χ0) is 49.1. The van der Waals surface area contributed by atoms with E-state index in [1.807, 2.05) is 68.4 Å². The molecule has 4 heterocycles. The highest BCUT2D eigenvalue weighted by atomic mass is 32.1. The standard InChI is InChI=1S/C49H76N2O14S/c1-26-24-47(7,58)44(65-46-40(54)34(51(10)11)22-27(2)61-46)29(4)41(64-38-25-48(8,60-12)43(56)31(6)62-38)30(5)45(57)63-36(49(9,59)42(55)28(3)39(26)53)20-21-50-37(52)23-33-18-19-35(66-33)32-16-14-13-15-17-32/h13-19,26-31,34,36,38,40-44,46,54-56,58-59H,20-25H2,1-12H3,(H,50,52)/t26-,27?,28+,29+,30-,31?,34?,36-,38?,40?,41+,42-,43?,44-,46?,47-,48?,49-/m1/s1. The Morgan fingerprint density at radius 2 is 1.56 bits per heavy atom. The second kappa shape index (κ2) is 22.2. The van der Waals surface area contributed by atoms with Crippen molar-refractivity contribution in [1.82, 2.24) is 10.2 Å². The molecular weight excluding hydrogens is 873 g/mol. The van der Waals surface area contributed by atoms with E-state index in [0.29, 0.717) is 6.42 Å². The third-order valence-corrected chi connectivity index (χ3v) is 15.4. The van der Waals surface area contributed by atoms with E-state index < -0.39 is 108 Å². The predicted molar refractivity (Wildman–Crippen MR) is 247 cm³/mol. The summed E-state index contributed by atoms with van der Waals surface area (Å²) in [5.41, 5.74) is -4.14. The van der Waals surface area contributed by atoms with E-state index in [1.165, 1.54) is 39.2 Å². The number of aliphatic hydroxyl groups is 5. The number of hydrogen-bond donors (Lipinski definition) is 6. The number of nitrogens with zero attached hydrogens (tertiary/aromatic N) is 1. The molecule has 1 aromatic carbocycles. The predicted octanol–water partition coefficient (Wildman–Crippen LogP) is 3.85. The van der Waals surface area contributed by atoms with Gasteiger partial charge in [0, 0.05) is 60.0 Å². The molecule has 0 radical (unpaired) electrons. The number of aliphatic hydroxyl groups excluding tert-OH is 3. The Morgan fingerprint density at radius 1 is 0.894 bits per heavy atom. The molecule has 2 aromatic rings. The van der Waals surface area contributed by atoms with Gasteiger partial charge in [0.1, 0.15) is 29.7 Å². The van der Waals surface area contributed by atoms with Crippen LogP contribution in [0.25, 0.3) is 10.4 Å². The number of carbonyl (C=O) groups excluding carboxylic acids is 3. The van der Waals surface area contributed by atoms with Gasteiger partial charge in [-0.3, -0.25) is 14.4 Å². The monoisotopic (exact) mass is 949 g/mol. The van der Waals surface area contributed by atoms with Crippen molar-refractivity contribution >= 4 is 29.0 Å². The number of benzene rings is 1. The van der Waals surface area contributed by atoms with Crippen molar-refractivity contribution in [3.05, 3.63) is 47.3 Å². The number of ether oxygens (including phenoxy) is 6. The lowest BCUT2D eigenvalue weighted by molar-refractivity contribution is -0.318. The molecule has 66 heavy (non-hydrogen) atoms. The third kappa shape index (κ3) is 12.5. The van der Waals surface area contributed by atoms with Crippen LogP contribution in [0.4, 0.5) is 0 Å². The Labute approximate surface area is 394 Å². The summed E-state index contributed by atoms with van der Waals surface area (Å²) in [5, 5.41) is 62.1. The molecule has 8 unspecified atom stereocenters. The molecule has 16 nitrogen and oxygen atoms in total. The number of cyclic esters (lactones) is 1. The summed E-state index contributed by atoms with van der Waals surface area (Å²) in [4.78, 5) is 45.9. The van der Waals surface area contributed by atoms with Crippen molar-refractivity contribution in [3.63, 3.8) is 0 Å². The molecule has 6 N–H and O–H groups in total. The molecule has 18 atom stereocenters. The first-order chi connectivity index (χ1) is 30.8. The summed E-state index contributed by atoms with van der Waals surface area (Å²) in [6.45, 7) is 14.4. The summed E-state index contributed by atoms with van der Waals surface area (Å²) in [6, 6.07) is 13.3. The highest BCUT2D eigenvalue weighted by Gasteiger charge is 2.53. The summed E-state index contributed by atoms with van der Waals surface area (Å²) < 4.78 is 37.7. The van der Waals surface area contributed by atoms with Crippen LogP contribution in [0.1, 0.15) is 92.9 Å². The number of carbonyl (C=O) groups is 3. The van der Waals surface area contributed by atoms with Crippen LogP contribution in [0.15, 0.2) is 42.5 Å². The average molecular weight is 949 g/mol. The van der Waals surface area contributed by atoms with Gasteiger partial charge in [-0.05, 0) is 86.2 Å². The number of amides is 1. The molecule has 372 valence electrons. The molecule has 0 saturated carbocycles. The molecule has 1 aromatic heterocycles. The van der Waals surface area contributed by atoms with Gasteiger partial charge in [-0.25, -0.2) is 0 Å². The molecular formula is C49H76N2O14S. The topological polar surface area (TPSA) is 223 Å². The van der Waals surface area contributed by atoms with Crippen molar-refractivity contribution < 1.29 is 68.3 Å². The lowest BCUT2D eigenvalue weighted by Crippen LogP contribution is -2.61. The maximum absolute atomic E-state index is 14.7. The average Bonchev–Trinajstić information content (AvgIpc) is 3.73. The molecule has 5 rings (SSSR count). The minimum absolute atomic E-state index is 0.0417. The Hall–Kier alpha value is -2.91. The lowest BCUT2D eigenvalue weighted by Gasteiger charge is -2.49. The quantitative estimate of drug-likeness (QED) is 0.166. The lowest BCUT2D eigenvalue weighted by atomic mass is 9.74. The van der Waals surface area contributed by atoms with Crippen molar-refractivity contribution in [1.29, 1.82) is 0 Å². The Balaban J connectivity index is 1.49. The fourth-order valence-corrected chi connectivity index (χ4v) is 11.1. The summed E-state index contributed by atoms with van der Waals surface area (Å²) in [7, 11) is 5.14. The number of rotatable bonds is 12. The molecule has 1 amide bonds. The van der Waals surface area contributed by atoms with E-state index in [9.17, 15) is 39.9 Å². The smallest absolute Gasteiger partial charge is 0.311 e. The molecule has 0 spiro atoms. The number of nitrogens with one attached hydrogen (secondary N) is 1. The van der Waals surface area contributed by atoms with Gasteiger partial charge in [-0.1, -0.05) is 51.1 Å². The number of thiophene rings is 1. The van der Waals surface area contributed by atoms with Gasteiger partial charge in [0.25, 0.3) is 0 Å². The minimum Gasteiger partial charge on any atom is -0.459 e. The molecule has 0 aliphatic carbocycles. The van der Waals surface area contributed by atoms with Crippen LogP contribution >= 0.6 is 11.3 Å². The third-order valence-electron chi connectivity index (χ3n) is 14.2. The fraction of sp³-hybridized carbons (Fsp3) is 0.735. The SMILES string of the molecule is COC1(C)CC(O[C@H]2[C@H](C)[C@@H](OC3OC(C)CC(N(C)C)C3O)[C@](C)(O)C[C@@H](C)C(=O)[C@H](C)[C@@H](O)[C@](C)(O)[C@@H](CCNC(=O)Cc3ccc(-c4ccccc4)s3)OC(=O)[C@@H]2C)OC(C)C1O. The largest absolute Gasteiger partial charge is 0.459 e. The highest BCUT2D eigenvalue weighted by molar-refractivity contribution is 7.15. The van der Waals surface area contributed by atoms with Crippen LogP contribution in [0.5, 0.6) is 0 Å². The van der Waals surface area contributed by atoms with Crippen LogP contribution in [-0.4, -0.2) is 160 Å². The zero-order valence-electron chi connectivity index (χ0n) is 40.7. The van der Waals surface area contributed by atoms with Crippen LogP contribution in [0, 0.1) is 23.7 Å². The van der Waals surface area contributed by atoms with Crippen LogP contribution in [-0.2, 0) is 49.2 Å². The summed E-state index contributed by atoms with van der Waals surface area (Å²) >= 11 is 1.50. The van der Waals surface area contributed by atoms with Crippen LogP contribution in [0.2, 0.25) is 0 Å². The molecule has 3 saturated heterocycles. The van der Waals surface area contributed by atoms with Gasteiger partial charge in [0.2, 0.25) is 5.91 Å². The first-order valence-corrected chi connectivity index (χ1v) is 24.1. The number of methoxy groups -OCH3 is 1. The Bertz CT molecular complexity index is 1910. The van der Waals surface area contributed by atoms with E-state index in [-0.39, 0.29) is 50.3 Å². The number of ketones is 1. The first-order valence-electron chi connectivity index (χ1n) is 23.3. The Morgan fingerprint density at radius 3 is 2.20 bits per heavy atom. The van der Waals surface area contributed by atoms with E-state index in [2.05, 4.69) is 5.32 Å². The van der Waals surface area contributed by atoms with Crippen molar-refractivity contribution in [2.75, 3.05) is 27.7 Å². The number of esters is 1. The van der Waals surface area contributed by atoms with E-state index in [4.69, 9.17) is 28.4 Å². The van der Waals surface area contributed by atoms with Crippen molar-refractivity contribution in [3.8, 4) is 10.4 Å². The summed E-state index contributed by atoms with van der Waals surface area (Å²) in [5.74, 6) is -5.87. The normalized spacial score (nSPS) is 41.0. The second-order valence-corrected chi connectivity index (χ2v) is 21.2. The van der Waals surface area contributed by atoms with Crippen molar-refractivity contribution in [2.45, 2.75) is 179 Å². The maximum Gasteiger partial charge on any atom is 0.311 e. The van der Waals surface area contributed by atoms with Crippen LogP contribution in [0.3, 0.4) is 0 Å². The number of Topliss-reactive ketones (excluding diaryl/α,β-unsaturated/α-hetero) is 1. The van der Waals surface area contributed by atoms with Gasteiger partial charge < -0.3 is 64.2 Å². The van der Waals surface area contributed by atoms with Gasteiger partial charge in [0.15, 0.2) is 12.6 Å². The van der Waals surface area contributed by atoms with Gasteiger partial charge in [0.05, 0.1) is 54.1 Å². The van der Waals surface area contributed by atoms with E-state index in [0.717, 1.165) is 15.3 Å². The van der Waals surface area contributed by atoms with E-state index in [1.54, 1.807) is 34.6 Å². The van der Waals surface area contributed by atoms with Gasteiger partial charge >= 0.3 is 5.97 Å². The molecule has 17 heteroatoms. The number of likely N-dealkylation sites (N-methyl/N-ethyl adjacent to an activating group) is 1.